The molecule has 2 aromatic rings. The molecule has 0 saturated carbocycles. The lowest BCUT2D eigenvalue weighted by molar-refractivity contribution is 0.0938. The Hall–Kier alpha value is -2.44. The summed E-state index contributed by atoms with van der Waals surface area (Å²) in [5, 5.41) is 0. The van der Waals surface area contributed by atoms with Crippen molar-refractivity contribution >= 4 is 17.9 Å². The summed E-state index contributed by atoms with van der Waals surface area (Å²) < 4.78 is 29.3. The summed E-state index contributed by atoms with van der Waals surface area (Å²) in [6.45, 7) is 1.51. The number of rotatable bonds is 5. The predicted molar refractivity (Wildman–Crippen MR) is 101 cm³/mol. The Bertz CT molecular complexity index is 879. The van der Waals surface area contributed by atoms with Gasteiger partial charge in [0.25, 0.3) is 5.91 Å². The molecule has 1 amide bonds. The quantitative estimate of drug-likeness (QED) is 0.570. The minimum Gasteiger partial charge on any atom is -0.277 e. The van der Waals surface area contributed by atoms with Gasteiger partial charge in [-0.1, -0.05) is 48.6 Å². The van der Waals surface area contributed by atoms with E-state index in [1.165, 1.54) is 24.9 Å². The number of carbonyl (C=O) groups excluding carboxylic acids is 1. The van der Waals surface area contributed by atoms with Gasteiger partial charge in [-0.05, 0) is 48.9 Å². The van der Waals surface area contributed by atoms with E-state index in [9.17, 15) is 13.6 Å². The topological polar surface area (TPSA) is 41.1 Å². The SMILES string of the molecule is Cc1cc(-c2ccccc2)c(F)c(C(=O)NNSC2=CCCC=C2)c1F. The monoisotopic (exact) mass is 372 g/mol. The van der Waals surface area contributed by atoms with Crippen LogP contribution in [0.15, 0.2) is 59.5 Å². The first-order chi connectivity index (χ1) is 12.6. The molecule has 3 rings (SSSR count). The van der Waals surface area contributed by atoms with Crippen molar-refractivity contribution in [2.75, 3.05) is 0 Å². The Morgan fingerprint density at radius 1 is 1.12 bits per heavy atom. The zero-order chi connectivity index (χ0) is 18.5. The summed E-state index contributed by atoms with van der Waals surface area (Å²) in [5.41, 5.74) is 2.75. The van der Waals surface area contributed by atoms with Crippen molar-refractivity contribution in [3.05, 3.63) is 82.3 Å². The molecule has 3 nitrogen and oxygen atoms in total. The number of allylic oxidation sites excluding steroid dienone is 3. The first-order valence-corrected chi connectivity index (χ1v) is 9.02. The molecular weight excluding hydrogens is 354 g/mol. The standard InChI is InChI=1S/C20H18F2N2OS/c1-13-12-16(14-8-4-2-5-9-14)19(22)17(18(13)21)20(25)23-24-26-15-10-6-3-7-11-15/h2,4-6,8-12,24H,3,7H2,1H3,(H,23,25). The third-order valence-corrected chi connectivity index (χ3v) is 4.73. The molecule has 2 aromatic carbocycles. The summed E-state index contributed by atoms with van der Waals surface area (Å²) in [4.78, 5) is 15.9. The molecular formula is C20H18F2N2OS. The van der Waals surface area contributed by atoms with Crippen molar-refractivity contribution in [3.8, 4) is 11.1 Å². The van der Waals surface area contributed by atoms with Crippen molar-refractivity contribution in [1.82, 2.24) is 10.3 Å². The Labute approximate surface area is 155 Å². The molecule has 0 unspecified atom stereocenters. The van der Waals surface area contributed by atoms with Crippen molar-refractivity contribution < 1.29 is 13.6 Å². The van der Waals surface area contributed by atoms with Crippen LogP contribution in [-0.2, 0) is 0 Å². The van der Waals surface area contributed by atoms with E-state index in [1.54, 1.807) is 30.3 Å². The lowest BCUT2D eigenvalue weighted by Gasteiger charge is -2.13. The van der Waals surface area contributed by atoms with Gasteiger partial charge in [0.15, 0.2) is 0 Å². The number of hydrogen-bond acceptors (Lipinski definition) is 3. The molecule has 1 aliphatic carbocycles. The fourth-order valence-corrected chi connectivity index (χ4v) is 3.28. The average molecular weight is 372 g/mol. The summed E-state index contributed by atoms with van der Waals surface area (Å²) in [7, 11) is 0. The van der Waals surface area contributed by atoms with Gasteiger partial charge >= 0.3 is 0 Å². The molecule has 26 heavy (non-hydrogen) atoms. The van der Waals surface area contributed by atoms with Crippen LogP contribution in [0.4, 0.5) is 8.78 Å². The molecule has 6 heteroatoms. The molecule has 0 atom stereocenters. The van der Waals surface area contributed by atoms with E-state index in [1.807, 2.05) is 18.2 Å². The number of nitrogens with one attached hydrogen (secondary N) is 2. The Kier molecular flexibility index (Phi) is 5.85. The van der Waals surface area contributed by atoms with Crippen LogP contribution in [-0.4, -0.2) is 5.91 Å². The average Bonchev–Trinajstić information content (AvgIpc) is 2.66. The van der Waals surface area contributed by atoms with Crippen LogP contribution >= 0.6 is 11.9 Å². The highest BCUT2D eigenvalue weighted by Gasteiger charge is 2.23. The predicted octanol–water partition coefficient (Wildman–Crippen LogP) is 5.06. The normalized spacial score (nSPS) is 13.4. The van der Waals surface area contributed by atoms with Gasteiger partial charge in [0.1, 0.15) is 17.2 Å². The van der Waals surface area contributed by atoms with E-state index in [4.69, 9.17) is 0 Å². The van der Waals surface area contributed by atoms with Crippen molar-refractivity contribution in [3.63, 3.8) is 0 Å². The maximum atomic E-state index is 14.9. The Morgan fingerprint density at radius 2 is 1.88 bits per heavy atom. The van der Waals surface area contributed by atoms with E-state index < -0.39 is 23.1 Å². The number of benzene rings is 2. The van der Waals surface area contributed by atoms with Crippen molar-refractivity contribution in [2.45, 2.75) is 19.8 Å². The summed E-state index contributed by atoms with van der Waals surface area (Å²) in [5.74, 6) is -2.59. The first kappa shape index (κ1) is 18.4. The molecule has 0 fully saturated rings. The number of aryl methyl sites for hydroxylation is 1. The minimum absolute atomic E-state index is 0.195. The van der Waals surface area contributed by atoms with Crippen LogP contribution in [0.2, 0.25) is 0 Å². The van der Waals surface area contributed by atoms with Crippen LogP contribution in [0.3, 0.4) is 0 Å². The van der Waals surface area contributed by atoms with Gasteiger partial charge in [0.05, 0.1) is 0 Å². The van der Waals surface area contributed by atoms with Crippen LogP contribution in [0.5, 0.6) is 0 Å². The van der Waals surface area contributed by atoms with Crippen LogP contribution in [0.25, 0.3) is 11.1 Å². The van der Waals surface area contributed by atoms with Gasteiger partial charge in [-0.15, -0.1) is 0 Å². The maximum absolute atomic E-state index is 14.9. The zero-order valence-electron chi connectivity index (χ0n) is 14.2. The minimum atomic E-state index is -0.875. The van der Waals surface area contributed by atoms with E-state index in [0.29, 0.717) is 5.56 Å². The molecule has 0 radical (unpaired) electrons. The summed E-state index contributed by atoms with van der Waals surface area (Å²) in [6.07, 6.45) is 7.88. The molecule has 2 N–H and O–H groups in total. The van der Waals surface area contributed by atoms with Gasteiger partial charge in [-0.2, -0.15) is 4.83 Å². The van der Waals surface area contributed by atoms with Gasteiger partial charge < -0.3 is 0 Å². The van der Waals surface area contributed by atoms with Crippen LogP contribution in [0, 0.1) is 18.6 Å². The molecule has 134 valence electrons. The number of amides is 1. The van der Waals surface area contributed by atoms with Crippen LogP contribution < -0.4 is 10.3 Å². The molecule has 0 spiro atoms. The second-order valence-corrected chi connectivity index (χ2v) is 6.73. The lowest BCUT2D eigenvalue weighted by Crippen LogP contribution is -2.34. The zero-order valence-corrected chi connectivity index (χ0v) is 15.0. The summed E-state index contributed by atoms with van der Waals surface area (Å²) in [6, 6.07) is 10.2. The van der Waals surface area contributed by atoms with Crippen molar-refractivity contribution in [2.24, 2.45) is 0 Å². The number of halogens is 2. The van der Waals surface area contributed by atoms with E-state index in [-0.39, 0.29) is 11.1 Å². The van der Waals surface area contributed by atoms with Gasteiger partial charge in [0.2, 0.25) is 0 Å². The molecule has 1 aliphatic rings. The highest BCUT2D eigenvalue weighted by Crippen LogP contribution is 2.29. The van der Waals surface area contributed by atoms with Gasteiger partial charge in [0, 0.05) is 10.5 Å². The second-order valence-electron chi connectivity index (χ2n) is 5.85. The highest BCUT2D eigenvalue weighted by molar-refractivity contribution is 8.01. The second kappa shape index (κ2) is 8.29. The fraction of sp³-hybridized carbons (Fsp3) is 0.150. The number of carbonyl (C=O) groups is 1. The number of hydrazine groups is 1. The van der Waals surface area contributed by atoms with Crippen molar-refractivity contribution in [1.29, 1.82) is 0 Å². The highest BCUT2D eigenvalue weighted by atomic mass is 32.2. The first-order valence-electron chi connectivity index (χ1n) is 8.21. The molecule has 0 heterocycles. The maximum Gasteiger partial charge on any atom is 0.272 e. The molecule has 0 bridgehead atoms. The summed E-state index contributed by atoms with van der Waals surface area (Å²) >= 11 is 1.18. The third kappa shape index (κ3) is 4.03. The largest absolute Gasteiger partial charge is 0.277 e. The van der Waals surface area contributed by atoms with Gasteiger partial charge in [-0.3, -0.25) is 10.2 Å². The van der Waals surface area contributed by atoms with E-state index >= 15 is 0 Å². The Morgan fingerprint density at radius 3 is 2.58 bits per heavy atom. The lowest BCUT2D eigenvalue weighted by atomic mass is 9.98. The van der Waals surface area contributed by atoms with Crippen LogP contribution in [0.1, 0.15) is 28.8 Å². The van der Waals surface area contributed by atoms with Gasteiger partial charge in [-0.25, -0.2) is 8.78 Å². The fourth-order valence-electron chi connectivity index (χ4n) is 2.66. The smallest absolute Gasteiger partial charge is 0.272 e. The number of hydrogen-bond donors (Lipinski definition) is 2. The molecule has 0 aromatic heterocycles. The molecule has 0 saturated heterocycles. The Balaban J connectivity index is 1.82. The molecule has 0 aliphatic heterocycles. The van der Waals surface area contributed by atoms with E-state index in [0.717, 1.165) is 17.7 Å². The van der Waals surface area contributed by atoms with E-state index in [2.05, 4.69) is 10.3 Å². The third-order valence-electron chi connectivity index (χ3n) is 3.99.